The van der Waals surface area contributed by atoms with E-state index in [0.717, 1.165) is 0 Å². The Labute approximate surface area is 175 Å². The van der Waals surface area contributed by atoms with Crippen LogP contribution in [0, 0.1) is 0 Å². The standard InChI is InChI=1S/C14H19F10O5PS/c1-8(4-5-28-10(2,3)30(25)26)27-6-7-31-11(16,17)9(15)29-14(23,24)12(18,19)13(20,21)22/h8-9H,4-7H2,1-3H3/p+1. The smallest absolute Gasteiger partial charge is 0.378 e. The highest BCUT2D eigenvalue weighted by Gasteiger charge is 2.76. The van der Waals surface area contributed by atoms with Gasteiger partial charge >= 0.3 is 31.5 Å². The van der Waals surface area contributed by atoms with Gasteiger partial charge in [0.1, 0.15) is 0 Å². The summed E-state index contributed by atoms with van der Waals surface area (Å²) in [6.07, 6.45) is -18.4. The molecule has 5 nitrogen and oxygen atoms in total. The fourth-order valence-electron chi connectivity index (χ4n) is 1.54. The molecule has 0 amide bonds. The van der Waals surface area contributed by atoms with Crippen molar-refractivity contribution in [1.29, 1.82) is 0 Å². The molecule has 0 aliphatic heterocycles. The largest absolute Gasteiger partial charge is 0.540 e. The molecule has 0 fully saturated rings. The molecule has 3 atom stereocenters. The zero-order valence-electron chi connectivity index (χ0n) is 16.2. The molecule has 0 saturated heterocycles. The number of rotatable bonds is 14. The molecule has 0 bridgehead atoms. The van der Waals surface area contributed by atoms with Gasteiger partial charge in [-0.15, -0.1) is 0 Å². The molecular weight excluding hydrogens is 501 g/mol. The third-order valence-corrected chi connectivity index (χ3v) is 5.45. The SMILES string of the molecule is CC(CCOC(C)(C)[P+](=O)O)OCCSC(F)(F)C(F)OC(F)(F)C(F)(F)C(F)(F)F. The van der Waals surface area contributed by atoms with Gasteiger partial charge < -0.3 is 9.47 Å². The van der Waals surface area contributed by atoms with E-state index in [9.17, 15) is 48.5 Å². The minimum absolute atomic E-state index is 0.0536. The number of hydrogen-bond acceptors (Lipinski definition) is 5. The molecule has 17 heteroatoms. The number of alkyl halides is 10. The zero-order valence-corrected chi connectivity index (χ0v) is 17.9. The summed E-state index contributed by atoms with van der Waals surface area (Å²) in [6.45, 7) is 3.58. The van der Waals surface area contributed by atoms with Crippen LogP contribution in [0.25, 0.3) is 0 Å². The molecule has 0 radical (unpaired) electrons. The molecule has 31 heavy (non-hydrogen) atoms. The van der Waals surface area contributed by atoms with Gasteiger partial charge in [0.25, 0.3) is 11.7 Å². The topological polar surface area (TPSA) is 65.0 Å². The summed E-state index contributed by atoms with van der Waals surface area (Å²) >= 11 is -0.701. The summed E-state index contributed by atoms with van der Waals surface area (Å²) in [5, 5.41) is -6.23. The van der Waals surface area contributed by atoms with Crippen molar-refractivity contribution >= 4 is 19.8 Å². The Bertz CT molecular complexity index is 590. The summed E-state index contributed by atoms with van der Waals surface area (Å²) in [5.41, 5.74) is 0. The van der Waals surface area contributed by atoms with Crippen molar-refractivity contribution < 1.29 is 67.6 Å². The van der Waals surface area contributed by atoms with Crippen molar-refractivity contribution in [2.45, 2.75) is 68.5 Å². The Morgan fingerprint density at radius 3 is 1.97 bits per heavy atom. The molecule has 0 aromatic heterocycles. The van der Waals surface area contributed by atoms with Gasteiger partial charge in [-0.1, -0.05) is 11.8 Å². The third-order valence-electron chi connectivity index (χ3n) is 3.46. The first-order valence-corrected chi connectivity index (χ1v) is 10.4. The Hall–Kier alpha value is -0.410. The van der Waals surface area contributed by atoms with Gasteiger partial charge in [0.15, 0.2) is 0 Å². The Kier molecular flexibility index (Phi) is 11.0. The van der Waals surface area contributed by atoms with Crippen molar-refractivity contribution in [2.24, 2.45) is 0 Å². The summed E-state index contributed by atoms with van der Waals surface area (Å²) in [5.74, 6) is -7.67. The van der Waals surface area contributed by atoms with Crippen LogP contribution in [0.15, 0.2) is 0 Å². The lowest BCUT2D eigenvalue weighted by molar-refractivity contribution is -0.446. The lowest BCUT2D eigenvalue weighted by atomic mass is 10.3. The van der Waals surface area contributed by atoms with Gasteiger partial charge in [0.2, 0.25) is 0 Å². The van der Waals surface area contributed by atoms with Crippen LogP contribution < -0.4 is 0 Å². The number of hydrogen-bond donors (Lipinski definition) is 1. The average Bonchev–Trinajstić information content (AvgIpc) is 2.56. The minimum Gasteiger partial charge on any atom is -0.378 e. The van der Waals surface area contributed by atoms with Crippen LogP contribution in [0.1, 0.15) is 27.2 Å². The Morgan fingerprint density at radius 2 is 1.52 bits per heavy atom. The van der Waals surface area contributed by atoms with E-state index in [0.29, 0.717) is 0 Å². The summed E-state index contributed by atoms with van der Waals surface area (Å²) in [6, 6.07) is 0. The molecule has 0 aromatic rings. The molecule has 1 N–H and O–H groups in total. The predicted molar refractivity (Wildman–Crippen MR) is 89.2 cm³/mol. The molecule has 3 unspecified atom stereocenters. The van der Waals surface area contributed by atoms with Crippen molar-refractivity contribution in [3.05, 3.63) is 0 Å². The second-order valence-electron chi connectivity index (χ2n) is 6.47. The van der Waals surface area contributed by atoms with Crippen LogP contribution >= 0.6 is 19.8 Å². The van der Waals surface area contributed by atoms with E-state index in [1.165, 1.54) is 20.8 Å². The number of ether oxygens (including phenoxy) is 3. The summed E-state index contributed by atoms with van der Waals surface area (Å²) in [7, 11) is -2.64. The van der Waals surface area contributed by atoms with Gasteiger partial charge in [-0.3, -0.25) is 4.74 Å². The van der Waals surface area contributed by atoms with Crippen LogP contribution in [-0.4, -0.2) is 65.1 Å². The van der Waals surface area contributed by atoms with E-state index in [2.05, 4.69) is 4.74 Å². The van der Waals surface area contributed by atoms with Crippen molar-refractivity contribution in [3.63, 3.8) is 0 Å². The van der Waals surface area contributed by atoms with Crippen LogP contribution in [0.2, 0.25) is 0 Å². The molecule has 0 saturated carbocycles. The van der Waals surface area contributed by atoms with Gasteiger partial charge in [-0.25, -0.2) is 4.39 Å². The fraction of sp³-hybridized carbons (Fsp3) is 1.00. The molecule has 0 rings (SSSR count). The van der Waals surface area contributed by atoms with Crippen LogP contribution in [0.3, 0.4) is 0 Å². The van der Waals surface area contributed by atoms with E-state index < -0.39 is 73.4 Å². The van der Waals surface area contributed by atoms with E-state index in [4.69, 9.17) is 14.4 Å². The fourth-order valence-corrected chi connectivity index (χ4v) is 2.38. The molecule has 186 valence electrons. The van der Waals surface area contributed by atoms with Gasteiger partial charge in [-0.2, -0.15) is 44.4 Å². The Morgan fingerprint density at radius 1 is 1.00 bits per heavy atom. The number of halogens is 10. The van der Waals surface area contributed by atoms with Crippen LogP contribution in [0.4, 0.5) is 43.9 Å². The van der Waals surface area contributed by atoms with Crippen molar-refractivity contribution in [1.82, 2.24) is 0 Å². The first-order valence-electron chi connectivity index (χ1n) is 8.25. The van der Waals surface area contributed by atoms with E-state index in [-0.39, 0.29) is 13.0 Å². The lowest BCUT2D eigenvalue weighted by Crippen LogP contribution is -2.55. The first-order chi connectivity index (χ1) is 13.7. The van der Waals surface area contributed by atoms with Crippen molar-refractivity contribution in [3.8, 4) is 0 Å². The zero-order chi connectivity index (χ0) is 24.9. The highest BCUT2D eigenvalue weighted by atomic mass is 32.2. The second kappa shape index (κ2) is 11.1. The third kappa shape index (κ3) is 9.16. The quantitative estimate of drug-likeness (QED) is 0.180. The molecule has 0 aliphatic rings. The van der Waals surface area contributed by atoms with Gasteiger partial charge in [0, 0.05) is 19.6 Å². The normalized spacial score (nSPS) is 16.9. The first kappa shape index (κ1) is 30.6. The molecule has 0 spiro atoms. The summed E-state index contributed by atoms with van der Waals surface area (Å²) < 4.78 is 150. The molecule has 0 aliphatic carbocycles. The molecule has 0 aromatic carbocycles. The molecular formula is C14H20F10O5PS+. The average molecular weight is 521 g/mol. The maximum atomic E-state index is 13.4. The van der Waals surface area contributed by atoms with Gasteiger partial charge in [-0.05, 0) is 17.9 Å². The van der Waals surface area contributed by atoms with Gasteiger partial charge in [0.05, 0.1) is 19.3 Å². The van der Waals surface area contributed by atoms with E-state index in [1.54, 1.807) is 0 Å². The Balaban J connectivity index is 4.51. The van der Waals surface area contributed by atoms with Crippen LogP contribution in [-0.2, 0) is 18.8 Å². The lowest BCUT2D eigenvalue weighted by Gasteiger charge is -2.30. The highest BCUT2D eigenvalue weighted by molar-refractivity contribution is 8.00. The minimum atomic E-state index is -6.90. The summed E-state index contributed by atoms with van der Waals surface area (Å²) in [4.78, 5) is 8.99. The second-order valence-corrected chi connectivity index (χ2v) is 9.34. The van der Waals surface area contributed by atoms with E-state index >= 15 is 0 Å². The monoisotopic (exact) mass is 521 g/mol. The highest BCUT2D eigenvalue weighted by Crippen LogP contribution is 2.49. The predicted octanol–water partition coefficient (Wildman–Crippen LogP) is 5.70. The maximum Gasteiger partial charge on any atom is 0.540 e. The number of thioether (sulfide) groups is 1. The molecule has 0 heterocycles. The van der Waals surface area contributed by atoms with E-state index in [1.807, 2.05) is 0 Å². The van der Waals surface area contributed by atoms with Crippen LogP contribution in [0.5, 0.6) is 0 Å². The van der Waals surface area contributed by atoms with Crippen molar-refractivity contribution in [2.75, 3.05) is 19.0 Å². The maximum absolute atomic E-state index is 13.4.